The lowest BCUT2D eigenvalue weighted by Gasteiger charge is -2.05. The van der Waals surface area contributed by atoms with Gasteiger partial charge in [-0.3, -0.25) is 0 Å². The van der Waals surface area contributed by atoms with Crippen molar-refractivity contribution in [3.63, 3.8) is 0 Å². The molecule has 0 aliphatic rings. The van der Waals surface area contributed by atoms with Crippen molar-refractivity contribution in [3.05, 3.63) is 101 Å². The SMILES string of the molecule is Cc1ccc(C#Cc2ccc(OOCc3ccc(C)cc3)cc2)cc1. The lowest BCUT2D eigenvalue weighted by molar-refractivity contribution is -0.217. The minimum Gasteiger partial charge on any atom is -0.337 e. The first-order chi connectivity index (χ1) is 12.2. The summed E-state index contributed by atoms with van der Waals surface area (Å²) in [7, 11) is 0. The molecule has 124 valence electrons. The molecule has 0 aromatic heterocycles. The van der Waals surface area contributed by atoms with Crippen LogP contribution in [0.4, 0.5) is 0 Å². The molecule has 0 unspecified atom stereocenters. The fourth-order valence-corrected chi connectivity index (χ4v) is 2.22. The molecule has 0 radical (unpaired) electrons. The molecule has 0 saturated carbocycles. The Kier molecular flexibility index (Phi) is 5.51. The third-order valence-electron chi connectivity index (χ3n) is 3.76. The number of hydrogen-bond acceptors (Lipinski definition) is 2. The Balaban J connectivity index is 1.53. The second-order valence-electron chi connectivity index (χ2n) is 5.97. The molecular formula is C23H20O2. The lowest BCUT2D eigenvalue weighted by atomic mass is 10.1. The minimum absolute atomic E-state index is 0.412. The fraction of sp³-hybridized carbons (Fsp3) is 0.130. The van der Waals surface area contributed by atoms with Crippen LogP contribution in [0.15, 0.2) is 72.8 Å². The lowest BCUT2D eigenvalue weighted by Crippen LogP contribution is -1.97. The average Bonchev–Trinajstić information content (AvgIpc) is 2.64. The standard InChI is InChI=1S/C23H20O2/c1-18-3-7-20(8-4-18)11-12-21-13-15-23(16-14-21)25-24-17-22-9-5-19(2)6-10-22/h3-10,13-16H,17H2,1-2H3. The van der Waals surface area contributed by atoms with Gasteiger partial charge in [0.25, 0.3) is 0 Å². The van der Waals surface area contributed by atoms with Crippen molar-refractivity contribution in [1.29, 1.82) is 0 Å². The molecule has 3 aromatic rings. The van der Waals surface area contributed by atoms with Crippen molar-refractivity contribution in [2.24, 2.45) is 0 Å². The van der Waals surface area contributed by atoms with Crippen LogP contribution in [0.25, 0.3) is 0 Å². The summed E-state index contributed by atoms with van der Waals surface area (Å²) in [6.07, 6.45) is 0. The molecule has 2 heteroatoms. The Morgan fingerprint density at radius 3 is 1.68 bits per heavy atom. The Hall–Kier alpha value is -3.02. The van der Waals surface area contributed by atoms with Gasteiger partial charge in [-0.1, -0.05) is 59.4 Å². The molecule has 0 heterocycles. The van der Waals surface area contributed by atoms with E-state index in [4.69, 9.17) is 9.78 Å². The molecule has 0 bridgehead atoms. The van der Waals surface area contributed by atoms with Crippen LogP contribution in [0.1, 0.15) is 27.8 Å². The largest absolute Gasteiger partial charge is 0.337 e. The Morgan fingerprint density at radius 2 is 1.12 bits per heavy atom. The first-order valence-electron chi connectivity index (χ1n) is 8.23. The number of rotatable bonds is 4. The summed E-state index contributed by atoms with van der Waals surface area (Å²) in [5.74, 6) is 6.96. The summed E-state index contributed by atoms with van der Waals surface area (Å²) >= 11 is 0. The molecular weight excluding hydrogens is 308 g/mol. The van der Waals surface area contributed by atoms with Gasteiger partial charge in [-0.05, 0) is 55.8 Å². The van der Waals surface area contributed by atoms with Crippen molar-refractivity contribution in [1.82, 2.24) is 0 Å². The maximum absolute atomic E-state index is 5.32. The van der Waals surface area contributed by atoms with Gasteiger partial charge >= 0.3 is 0 Å². The predicted octanol–water partition coefficient (Wildman–Crippen LogP) is 5.21. The summed E-state index contributed by atoms with van der Waals surface area (Å²) in [4.78, 5) is 10.6. The fourth-order valence-electron chi connectivity index (χ4n) is 2.22. The van der Waals surface area contributed by atoms with Crippen molar-refractivity contribution in [2.75, 3.05) is 0 Å². The molecule has 2 nitrogen and oxygen atoms in total. The number of aryl methyl sites for hydroxylation is 2. The van der Waals surface area contributed by atoms with E-state index >= 15 is 0 Å². The smallest absolute Gasteiger partial charge is 0.165 e. The highest BCUT2D eigenvalue weighted by Crippen LogP contribution is 2.13. The van der Waals surface area contributed by atoms with Crippen LogP contribution in [-0.2, 0) is 11.5 Å². The minimum atomic E-state index is 0.412. The van der Waals surface area contributed by atoms with Gasteiger partial charge in [0.15, 0.2) is 5.75 Å². The van der Waals surface area contributed by atoms with E-state index in [0.29, 0.717) is 12.4 Å². The van der Waals surface area contributed by atoms with Crippen LogP contribution in [0.5, 0.6) is 5.75 Å². The molecule has 0 fully saturated rings. The van der Waals surface area contributed by atoms with E-state index in [2.05, 4.69) is 50.0 Å². The molecule has 0 amide bonds. The first kappa shape index (κ1) is 16.8. The van der Waals surface area contributed by atoms with Gasteiger partial charge in [-0.15, -0.1) is 0 Å². The summed E-state index contributed by atoms with van der Waals surface area (Å²) < 4.78 is 0. The second kappa shape index (κ2) is 8.19. The van der Waals surface area contributed by atoms with Gasteiger partial charge in [0.05, 0.1) is 0 Å². The third kappa shape index (κ3) is 5.24. The Morgan fingerprint density at radius 1 is 0.640 bits per heavy atom. The zero-order valence-electron chi connectivity index (χ0n) is 14.5. The van der Waals surface area contributed by atoms with Gasteiger partial charge in [0.2, 0.25) is 0 Å². The highest BCUT2D eigenvalue weighted by Gasteiger charge is 1.97. The molecule has 0 N–H and O–H groups in total. The van der Waals surface area contributed by atoms with E-state index < -0.39 is 0 Å². The van der Waals surface area contributed by atoms with Crippen LogP contribution >= 0.6 is 0 Å². The van der Waals surface area contributed by atoms with Gasteiger partial charge in [-0.25, -0.2) is 0 Å². The molecule has 0 aliphatic carbocycles. The van der Waals surface area contributed by atoms with E-state index in [1.54, 1.807) is 0 Å². The highest BCUT2D eigenvalue weighted by atomic mass is 17.2. The number of hydrogen-bond donors (Lipinski definition) is 0. The third-order valence-corrected chi connectivity index (χ3v) is 3.76. The molecule has 0 spiro atoms. The van der Waals surface area contributed by atoms with Crippen molar-refractivity contribution < 1.29 is 9.78 Å². The molecule has 3 rings (SSSR count). The van der Waals surface area contributed by atoms with E-state index in [0.717, 1.165) is 16.7 Å². The summed E-state index contributed by atoms with van der Waals surface area (Å²) in [5.41, 5.74) is 5.48. The van der Waals surface area contributed by atoms with E-state index in [9.17, 15) is 0 Å². The van der Waals surface area contributed by atoms with Crippen LogP contribution in [0.3, 0.4) is 0 Å². The number of benzene rings is 3. The van der Waals surface area contributed by atoms with E-state index in [1.165, 1.54) is 11.1 Å². The molecule has 3 aromatic carbocycles. The van der Waals surface area contributed by atoms with Crippen molar-refractivity contribution in [2.45, 2.75) is 20.5 Å². The molecule has 25 heavy (non-hydrogen) atoms. The Bertz CT molecular complexity index is 865. The topological polar surface area (TPSA) is 18.5 Å². The average molecular weight is 328 g/mol. The second-order valence-corrected chi connectivity index (χ2v) is 5.97. The van der Waals surface area contributed by atoms with Crippen LogP contribution in [0, 0.1) is 25.7 Å². The van der Waals surface area contributed by atoms with E-state index in [1.807, 2.05) is 48.5 Å². The van der Waals surface area contributed by atoms with Crippen molar-refractivity contribution in [3.8, 4) is 17.6 Å². The monoisotopic (exact) mass is 328 g/mol. The van der Waals surface area contributed by atoms with Gasteiger partial charge in [-0.2, -0.15) is 4.89 Å². The predicted molar refractivity (Wildman–Crippen MR) is 100 cm³/mol. The maximum atomic E-state index is 5.32. The Labute approximate surface area is 149 Å². The molecule has 0 aliphatic heterocycles. The van der Waals surface area contributed by atoms with Crippen molar-refractivity contribution >= 4 is 0 Å². The van der Waals surface area contributed by atoms with Crippen LogP contribution < -0.4 is 4.89 Å². The van der Waals surface area contributed by atoms with Gasteiger partial charge < -0.3 is 4.89 Å². The maximum Gasteiger partial charge on any atom is 0.165 e. The normalized spacial score (nSPS) is 10.0. The summed E-state index contributed by atoms with van der Waals surface area (Å²) in [6.45, 7) is 4.54. The van der Waals surface area contributed by atoms with E-state index in [-0.39, 0.29) is 0 Å². The zero-order valence-corrected chi connectivity index (χ0v) is 14.5. The van der Waals surface area contributed by atoms with Gasteiger partial charge in [0, 0.05) is 11.1 Å². The highest BCUT2D eigenvalue weighted by molar-refractivity contribution is 5.44. The van der Waals surface area contributed by atoms with Gasteiger partial charge in [0.1, 0.15) is 6.61 Å². The van der Waals surface area contributed by atoms with Crippen LogP contribution in [-0.4, -0.2) is 0 Å². The molecule has 0 saturated heterocycles. The summed E-state index contributed by atoms with van der Waals surface area (Å²) in [6, 6.07) is 23.9. The molecule has 0 atom stereocenters. The van der Waals surface area contributed by atoms with Crippen LogP contribution in [0.2, 0.25) is 0 Å². The quantitative estimate of drug-likeness (QED) is 0.372. The first-order valence-corrected chi connectivity index (χ1v) is 8.23. The zero-order chi connectivity index (χ0) is 17.5. The summed E-state index contributed by atoms with van der Waals surface area (Å²) in [5, 5.41) is 0.